The molecule has 1 amide bonds. The van der Waals surface area contributed by atoms with Crippen molar-refractivity contribution in [1.29, 1.82) is 0 Å². The van der Waals surface area contributed by atoms with Gasteiger partial charge in [-0.05, 0) is 19.4 Å². The molecule has 2 aliphatic heterocycles. The summed E-state index contributed by atoms with van der Waals surface area (Å²) in [5.41, 5.74) is 3.08. The van der Waals surface area contributed by atoms with E-state index in [1.54, 1.807) is 0 Å². The van der Waals surface area contributed by atoms with Crippen molar-refractivity contribution < 1.29 is 4.79 Å². The van der Waals surface area contributed by atoms with Crippen molar-refractivity contribution in [3.8, 4) is 0 Å². The largest absolute Gasteiger partial charge is 0.298 e. The second-order valence-corrected chi connectivity index (χ2v) is 6.04. The first kappa shape index (κ1) is 13.0. The number of nitrogens with two attached hydrogens (primary N) is 1. The second kappa shape index (κ2) is 5.54. The molecule has 0 aromatic carbocycles. The molecule has 2 fully saturated rings. The monoisotopic (exact) mass is 281 g/mol. The van der Waals surface area contributed by atoms with E-state index in [2.05, 4.69) is 20.2 Å². The molecule has 3 heterocycles. The molecule has 0 radical (unpaired) electrons. The van der Waals surface area contributed by atoms with Crippen LogP contribution in [0.15, 0.2) is 5.38 Å². The number of nitrogens with zero attached hydrogens (tertiary/aromatic N) is 3. The summed E-state index contributed by atoms with van der Waals surface area (Å²) in [5.74, 6) is 4.80. The lowest BCUT2D eigenvalue weighted by Crippen LogP contribution is -2.49. The van der Waals surface area contributed by atoms with Crippen LogP contribution in [-0.2, 0) is 6.54 Å². The molecule has 0 saturated carbocycles. The molecule has 0 bridgehead atoms. The Labute approximate surface area is 116 Å². The van der Waals surface area contributed by atoms with Gasteiger partial charge in [0.2, 0.25) is 0 Å². The number of nitrogens with one attached hydrogen (secondary N) is 1. The fraction of sp³-hybridized carbons (Fsp3) is 0.667. The summed E-state index contributed by atoms with van der Waals surface area (Å²) < 4.78 is 0. The molecule has 1 aromatic rings. The molecule has 3 rings (SSSR count). The van der Waals surface area contributed by atoms with Gasteiger partial charge in [-0.1, -0.05) is 0 Å². The number of carbonyl (C=O) groups excluding carboxylic acids is 1. The van der Waals surface area contributed by atoms with Crippen molar-refractivity contribution in [2.75, 3.05) is 26.2 Å². The third kappa shape index (κ3) is 2.79. The lowest BCUT2D eigenvalue weighted by atomic mass is 10.1. The highest BCUT2D eigenvalue weighted by Gasteiger charge is 2.30. The van der Waals surface area contributed by atoms with Crippen molar-refractivity contribution in [3.63, 3.8) is 0 Å². The Balaban J connectivity index is 1.59. The highest BCUT2D eigenvalue weighted by Crippen LogP contribution is 2.22. The van der Waals surface area contributed by atoms with Crippen LogP contribution >= 0.6 is 11.3 Å². The highest BCUT2D eigenvalue weighted by atomic mass is 32.1. The van der Waals surface area contributed by atoms with E-state index in [-0.39, 0.29) is 5.91 Å². The number of amides is 1. The number of hydrogen-bond donors (Lipinski definition) is 2. The number of carbonyl (C=O) groups is 1. The van der Waals surface area contributed by atoms with Gasteiger partial charge in [0.25, 0.3) is 5.91 Å². The molecule has 1 unspecified atom stereocenters. The van der Waals surface area contributed by atoms with Crippen LogP contribution in [0.1, 0.15) is 28.3 Å². The topological polar surface area (TPSA) is 74.5 Å². The number of aromatic nitrogens is 1. The van der Waals surface area contributed by atoms with Crippen molar-refractivity contribution in [1.82, 2.24) is 20.2 Å². The number of hydrogen-bond acceptors (Lipinski definition) is 6. The van der Waals surface area contributed by atoms with Gasteiger partial charge in [0.05, 0.1) is 5.69 Å². The smallest absolute Gasteiger partial charge is 0.294 e. The Morgan fingerprint density at radius 1 is 1.53 bits per heavy atom. The Bertz CT molecular complexity index is 463. The maximum absolute atomic E-state index is 11.4. The Morgan fingerprint density at radius 3 is 3.26 bits per heavy atom. The van der Waals surface area contributed by atoms with E-state index in [4.69, 9.17) is 5.84 Å². The summed E-state index contributed by atoms with van der Waals surface area (Å²) in [4.78, 5) is 20.7. The number of nitrogen functional groups attached to an aromatic ring is 1. The summed E-state index contributed by atoms with van der Waals surface area (Å²) >= 11 is 1.35. The van der Waals surface area contributed by atoms with E-state index >= 15 is 0 Å². The van der Waals surface area contributed by atoms with Gasteiger partial charge in [0.15, 0.2) is 5.01 Å². The van der Waals surface area contributed by atoms with E-state index in [0.29, 0.717) is 5.01 Å². The van der Waals surface area contributed by atoms with Crippen LogP contribution in [-0.4, -0.2) is 52.9 Å². The molecule has 2 aliphatic rings. The third-order valence-corrected chi connectivity index (χ3v) is 4.82. The summed E-state index contributed by atoms with van der Waals surface area (Å²) in [6.45, 7) is 5.46. The van der Waals surface area contributed by atoms with E-state index in [0.717, 1.165) is 37.9 Å². The average Bonchev–Trinajstić information content (AvgIpc) is 3.06. The summed E-state index contributed by atoms with van der Waals surface area (Å²) in [5, 5.41) is 2.39. The van der Waals surface area contributed by atoms with E-state index in [1.807, 2.05) is 5.38 Å². The lowest BCUT2D eigenvalue weighted by Gasteiger charge is -2.37. The second-order valence-electron chi connectivity index (χ2n) is 5.18. The predicted molar refractivity (Wildman–Crippen MR) is 73.6 cm³/mol. The summed E-state index contributed by atoms with van der Waals surface area (Å²) in [7, 11) is 0. The van der Waals surface area contributed by atoms with Gasteiger partial charge in [-0.2, -0.15) is 0 Å². The standard InChI is InChI=1S/C12H19N5OS/c13-15-11(18)12-14-9(8-19-12)6-16-4-5-17-3-1-2-10(17)7-16/h8,10H,1-7,13H2,(H,15,18). The molecular weight excluding hydrogens is 262 g/mol. The van der Waals surface area contributed by atoms with Crippen LogP contribution in [0.3, 0.4) is 0 Å². The summed E-state index contributed by atoms with van der Waals surface area (Å²) in [6, 6.07) is 0.721. The Morgan fingerprint density at radius 2 is 2.42 bits per heavy atom. The number of hydrazine groups is 1. The minimum absolute atomic E-state index is 0.308. The van der Waals surface area contributed by atoms with Crippen molar-refractivity contribution in [3.05, 3.63) is 16.1 Å². The zero-order valence-corrected chi connectivity index (χ0v) is 11.7. The Hall–Kier alpha value is -1.02. The average molecular weight is 281 g/mol. The molecule has 3 N–H and O–H groups in total. The molecule has 1 aromatic heterocycles. The van der Waals surface area contributed by atoms with Crippen LogP contribution in [0.2, 0.25) is 0 Å². The lowest BCUT2D eigenvalue weighted by molar-refractivity contribution is 0.0947. The summed E-state index contributed by atoms with van der Waals surface area (Å²) in [6.07, 6.45) is 2.64. The molecule has 19 heavy (non-hydrogen) atoms. The van der Waals surface area contributed by atoms with Gasteiger partial charge in [0.1, 0.15) is 0 Å². The number of rotatable bonds is 3. The maximum atomic E-state index is 11.4. The van der Waals surface area contributed by atoms with Crippen LogP contribution in [0.25, 0.3) is 0 Å². The first-order valence-corrected chi connectivity index (χ1v) is 7.56. The van der Waals surface area contributed by atoms with Crippen molar-refractivity contribution in [2.45, 2.75) is 25.4 Å². The zero-order chi connectivity index (χ0) is 13.2. The quantitative estimate of drug-likeness (QED) is 0.464. The van der Waals surface area contributed by atoms with Gasteiger partial charge in [-0.15, -0.1) is 11.3 Å². The fourth-order valence-corrected chi connectivity index (χ4v) is 3.68. The SMILES string of the molecule is NNC(=O)c1nc(CN2CCN3CCCC3C2)cs1. The van der Waals surface area contributed by atoms with E-state index in [9.17, 15) is 4.79 Å². The molecule has 0 spiro atoms. The van der Waals surface area contributed by atoms with Crippen molar-refractivity contribution in [2.24, 2.45) is 5.84 Å². The normalized spacial score (nSPS) is 24.4. The van der Waals surface area contributed by atoms with Gasteiger partial charge in [-0.25, -0.2) is 10.8 Å². The van der Waals surface area contributed by atoms with Gasteiger partial charge < -0.3 is 0 Å². The van der Waals surface area contributed by atoms with Gasteiger partial charge in [0, 0.05) is 37.6 Å². The van der Waals surface area contributed by atoms with Crippen LogP contribution in [0, 0.1) is 0 Å². The molecule has 7 heteroatoms. The number of piperazine rings is 1. The Kier molecular flexibility index (Phi) is 3.79. The van der Waals surface area contributed by atoms with E-state index < -0.39 is 0 Å². The van der Waals surface area contributed by atoms with E-state index in [1.165, 1.54) is 30.7 Å². The molecule has 6 nitrogen and oxygen atoms in total. The van der Waals surface area contributed by atoms with Gasteiger partial charge >= 0.3 is 0 Å². The highest BCUT2D eigenvalue weighted by molar-refractivity contribution is 7.11. The van der Waals surface area contributed by atoms with Crippen LogP contribution in [0.5, 0.6) is 0 Å². The van der Waals surface area contributed by atoms with Gasteiger partial charge in [-0.3, -0.25) is 20.0 Å². The zero-order valence-electron chi connectivity index (χ0n) is 10.8. The number of thiazole rings is 1. The third-order valence-electron chi connectivity index (χ3n) is 3.93. The minimum atomic E-state index is -0.308. The molecule has 0 aliphatic carbocycles. The molecule has 2 saturated heterocycles. The number of fused-ring (bicyclic) bond motifs is 1. The molecule has 1 atom stereocenters. The van der Waals surface area contributed by atoms with Crippen molar-refractivity contribution >= 4 is 17.2 Å². The maximum Gasteiger partial charge on any atom is 0.294 e. The molecular formula is C12H19N5OS. The van der Waals surface area contributed by atoms with Crippen LogP contribution in [0.4, 0.5) is 0 Å². The first-order valence-electron chi connectivity index (χ1n) is 6.68. The first-order chi connectivity index (χ1) is 9.26. The van der Waals surface area contributed by atoms with Crippen LogP contribution < -0.4 is 11.3 Å². The molecule has 104 valence electrons. The minimum Gasteiger partial charge on any atom is -0.298 e. The fourth-order valence-electron chi connectivity index (χ4n) is 2.97. The predicted octanol–water partition coefficient (Wildman–Crippen LogP) is 0.0266.